The zero-order chi connectivity index (χ0) is 8.91. The number of alkyl halides is 3. The van der Waals surface area contributed by atoms with E-state index in [0.29, 0.717) is 6.61 Å². The summed E-state index contributed by atoms with van der Waals surface area (Å²) in [6.45, 7) is 3.16. The lowest BCUT2D eigenvalue weighted by atomic mass is 10.2. The lowest BCUT2D eigenvalue weighted by molar-refractivity contribution is -0.182. The second-order valence-electron chi connectivity index (χ2n) is 2.52. The first-order valence-corrected chi connectivity index (χ1v) is 3.63. The van der Waals surface area contributed by atoms with Crippen LogP contribution in [0.1, 0.15) is 20.3 Å². The van der Waals surface area contributed by atoms with E-state index in [1.54, 1.807) is 0 Å². The average Bonchev–Trinajstić information content (AvgIpc) is 1.86. The lowest BCUT2D eigenvalue weighted by Crippen LogP contribution is -2.24. The van der Waals surface area contributed by atoms with Crippen LogP contribution < -0.4 is 0 Å². The van der Waals surface area contributed by atoms with Crippen LogP contribution in [0.25, 0.3) is 0 Å². The van der Waals surface area contributed by atoms with Crippen molar-refractivity contribution in [2.75, 3.05) is 13.2 Å². The Morgan fingerprint density at radius 2 is 1.91 bits per heavy atom. The fourth-order valence-corrected chi connectivity index (χ4v) is 0.499. The lowest BCUT2D eigenvalue weighted by Gasteiger charge is -2.14. The molecule has 0 aliphatic carbocycles. The summed E-state index contributed by atoms with van der Waals surface area (Å²) in [4.78, 5) is 0. The summed E-state index contributed by atoms with van der Waals surface area (Å²) in [7, 11) is 0. The Hall–Kier alpha value is -0.250. The minimum atomic E-state index is -4.12. The molecule has 0 aliphatic rings. The monoisotopic (exact) mass is 170 g/mol. The minimum Gasteiger partial charge on any atom is -0.381 e. The summed E-state index contributed by atoms with van der Waals surface area (Å²) in [6, 6.07) is 0. The van der Waals surface area contributed by atoms with Crippen LogP contribution in [0.5, 0.6) is 0 Å². The van der Waals surface area contributed by atoms with Crippen LogP contribution >= 0.6 is 0 Å². The summed E-state index contributed by atoms with van der Waals surface area (Å²) in [5, 5.41) is 0. The Bertz CT molecular complexity index is 100. The van der Waals surface area contributed by atoms with Gasteiger partial charge in [-0.2, -0.15) is 13.2 Å². The van der Waals surface area contributed by atoms with Crippen molar-refractivity contribution in [3.63, 3.8) is 0 Å². The van der Waals surface area contributed by atoms with Gasteiger partial charge in [0.15, 0.2) is 0 Å². The standard InChI is InChI=1S/C7H13F3O/c1-3-4-11-5-6(2)7(8,9)10/h6H,3-5H2,1-2H3. The largest absolute Gasteiger partial charge is 0.393 e. The zero-order valence-electron chi connectivity index (χ0n) is 6.74. The smallest absolute Gasteiger partial charge is 0.381 e. The van der Waals surface area contributed by atoms with Gasteiger partial charge in [-0.1, -0.05) is 13.8 Å². The van der Waals surface area contributed by atoms with Gasteiger partial charge in [-0.3, -0.25) is 0 Å². The van der Waals surface area contributed by atoms with Crippen LogP contribution in [0.2, 0.25) is 0 Å². The molecule has 0 aliphatic heterocycles. The highest BCUT2D eigenvalue weighted by Gasteiger charge is 2.35. The van der Waals surface area contributed by atoms with E-state index in [1.807, 2.05) is 6.92 Å². The highest BCUT2D eigenvalue weighted by molar-refractivity contribution is 4.60. The molecule has 0 fully saturated rings. The van der Waals surface area contributed by atoms with Gasteiger partial charge in [-0.05, 0) is 6.42 Å². The van der Waals surface area contributed by atoms with Crippen LogP contribution in [0.3, 0.4) is 0 Å². The Balaban J connectivity index is 3.44. The van der Waals surface area contributed by atoms with Crippen molar-refractivity contribution < 1.29 is 17.9 Å². The van der Waals surface area contributed by atoms with E-state index >= 15 is 0 Å². The van der Waals surface area contributed by atoms with Gasteiger partial charge in [0.05, 0.1) is 12.5 Å². The van der Waals surface area contributed by atoms with Crippen molar-refractivity contribution >= 4 is 0 Å². The molecule has 0 aromatic carbocycles. The predicted octanol–water partition coefficient (Wildman–Crippen LogP) is 2.61. The van der Waals surface area contributed by atoms with E-state index in [4.69, 9.17) is 4.74 Å². The Morgan fingerprint density at radius 3 is 2.27 bits per heavy atom. The molecule has 1 unspecified atom stereocenters. The molecule has 0 amide bonds. The van der Waals surface area contributed by atoms with Crippen LogP contribution in [0.15, 0.2) is 0 Å². The molecule has 0 aromatic heterocycles. The molecule has 0 bridgehead atoms. The fourth-order valence-electron chi connectivity index (χ4n) is 0.499. The molecule has 11 heavy (non-hydrogen) atoms. The molecule has 0 saturated carbocycles. The summed E-state index contributed by atoms with van der Waals surface area (Å²) in [5.74, 6) is -1.35. The molecule has 1 nitrogen and oxygen atoms in total. The maximum absolute atomic E-state index is 11.8. The van der Waals surface area contributed by atoms with Gasteiger partial charge in [-0.15, -0.1) is 0 Å². The van der Waals surface area contributed by atoms with E-state index in [-0.39, 0.29) is 6.61 Å². The van der Waals surface area contributed by atoms with Gasteiger partial charge < -0.3 is 4.74 Å². The molecule has 0 N–H and O–H groups in total. The van der Waals surface area contributed by atoms with E-state index in [9.17, 15) is 13.2 Å². The molecule has 0 heterocycles. The third-order valence-electron chi connectivity index (χ3n) is 1.28. The predicted molar refractivity (Wildman–Crippen MR) is 36.3 cm³/mol. The number of ether oxygens (including phenoxy) is 1. The molecule has 0 rings (SSSR count). The second-order valence-corrected chi connectivity index (χ2v) is 2.52. The summed E-state index contributed by atoms with van der Waals surface area (Å²) in [6.07, 6.45) is -3.36. The molecular formula is C7H13F3O. The van der Waals surface area contributed by atoms with Gasteiger partial charge in [0, 0.05) is 6.61 Å². The van der Waals surface area contributed by atoms with Crippen molar-refractivity contribution in [2.24, 2.45) is 5.92 Å². The quantitative estimate of drug-likeness (QED) is 0.589. The molecular weight excluding hydrogens is 157 g/mol. The van der Waals surface area contributed by atoms with Gasteiger partial charge in [-0.25, -0.2) is 0 Å². The first-order chi connectivity index (χ1) is 4.98. The third kappa shape index (κ3) is 5.07. The number of hydrogen-bond acceptors (Lipinski definition) is 1. The number of hydrogen-bond donors (Lipinski definition) is 0. The molecule has 0 aromatic rings. The van der Waals surface area contributed by atoms with Crippen LogP contribution in [-0.2, 0) is 4.74 Å². The van der Waals surface area contributed by atoms with Gasteiger partial charge >= 0.3 is 6.18 Å². The first kappa shape index (κ1) is 10.8. The SMILES string of the molecule is CCCOCC(C)C(F)(F)F. The maximum atomic E-state index is 11.8. The van der Waals surface area contributed by atoms with Gasteiger partial charge in [0.25, 0.3) is 0 Å². The zero-order valence-corrected chi connectivity index (χ0v) is 6.74. The molecule has 4 heteroatoms. The van der Waals surface area contributed by atoms with Gasteiger partial charge in [0.2, 0.25) is 0 Å². The van der Waals surface area contributed by atoms with Crippen LogP contribution in [-0.4, -0.2) is 19.4 Å². The summed E-state index contributed by atoms with van der Waals surface area (Å²) >= 11 is 0. The van der Waals surface area contributed by atoms with E-state index in [0.717, 1.165) is 13.3 Å². The minimum absolute atomic E-state index is 0.225. The number of rotatable bonds is 4. The van der Waals surface area contributed by atoms with E-state index in [1.165, 1.54) is 0 Å². The topological polar surface area (TPSA) is 9.23 Å². The molecule has 0 saturated heterocycles. The number of halogens is 3. The molecule has 0 radical (unpaired) electrons. The molecule has 1 atom stereocenters. The Morgan fingerprint density at radius 1 is 1.36 bits per heavy atom. The Kier molecular flexibility index (Phi) is 4.49. The summed E-state index contributed by atoms with van der Waals surface area (Å²) in [5.41, 5.74) is 0. The average molecular weight is 170 g/mol. The highest BCUT2D eigenvalue weighted by Crippen LogP contribution is 2.25. The van der Waals surface area contributed by atoms with Crippen LogP contribution in [0.4, 0.5) is 13.2 Å². The van der Waals surface area contributed by atoms with E-state index in [2.05, 4.69) is 0 Å². The third-order valence-corrected chi connectivity index (χ3v) is 1.28. The normalized spacial score (nSPS) is 15.0. The van der Waals surface area contributed by atoms with Crippen LogP contribution in [0, 0.1) is 5.92 Å². The van der Waals surface area contributed by atoms with Crippen molar-refractivity contribution in [3.05, 3.63) is 0 Å². The fraction of sp³-hybridized carbons (Fsp3) is 1.00. The van der Waals surface area contributed by atoms with Crippen molar-refractivity contribution in [3.8, 4) is 0 Å². The van der Waals surface area contributed by atoms with Crippen molar-refractivity contribution in [2.45, 2.75) is 26.4 Å². The molecule has 0 spiro atoms. The van der Waals surface area contributed by atoms with Crippen molar-refractivity contribution in [1.82, 2.24) is 0 Å². The van der Waals surface area contributed by atoms with Crippen molar-refractivity contribution in [1.29, 1.82) is 0 Å². The molecule has 68 valence electrons. The van der Waals surface area contributed by atoms with Gasteiger partial charge in [0.1, 0.15) is 0 Å². The maximum Gasteiger partial charge on any atom is 0.393 e. The second kappa shape index (κ2) is 4.59. The highest BCUT2D eigenvalue weighted by atomic mass is 19.4. The van der Waals surface area contributed by atoms with E-state index < -0.39 is 12.1 Å². The first-order valence-electron chi connectivity index (χ1n) is 3.63. The summed E-state index contributed by atoms with van der Waals surface area (Å²) < 4.78 is 40.1. The Labute approximate surface area is 64.5 Å².